The molecule has 1 heterocycles. The molecule has 0 unspecified atom stereocenters. The van der Waals surface area contributed by atoms with Gasteiger partial charge in [-0.25, -0.2) is 12.8 Å². The monoisotopic (exact) mass is 492 g/mol. The van der Waals surface area contributed by atoms with E-state index < -0.39 is 21.7 Å². The maximum Gasteiger partial charge on any atom is 0.254 e. The summed E-state index contributed by atoms with van der Waals surface area (Å²) in [5.41, 5.74) is 0.876. The number of likely N-dealkylation sites (tertiary alicyclic amines) is 1. The van der Waals surface area contributed by atoms with Gasteiger partial charge in [-0.1, -0.05) is 30.7 Å². The van der Waals surface area contributed by atoms with E-state index in [1.54, 1.807) is 12.1 Å². The lowest BCUT2D eigenvalue weighted by Gasteiger charge is -2.27. The Bertz CT molecular complexity index is 1200. The molecule has 0 aromatic heterocycles. The molecule has 2 aromatic rings. The van der Waals surface area contributed by atoms with Crippen molar-refractivity contribution in [2.24, 2.45) is 11.8 Å². The van der Waals surface area contributed by atoms with Gasteiger partial charge in [0.25, 0.3) is 5.91 Å². The molecule has 0 bridgehead atoms. The highest BCUT2D eigenvalue weighted by molar-refractivity contribution is 7.90. The first-order chi connectivity index (χ1) is 15.5. The fourth-order valence-corrected chi connectivity index (χ4v) is 5.19. The predicted octanol–water partition coefficient (Wildman–Crippen LogP) is 4.00. The van der Waals surface area contributed by atoms with Crippen molar-refractivity contribution in [3.8, 4) is 0 Å². The van der Waals surface area contributed by atoms with Gasteiger partial charge in [-0.05, 0) is 67.0 Å². The number of amides is 2. The smallest absolute Gasteiger partial charge is 0.254 e. The molecule has 1 N–H and O–H groups in total. The quantitative estimate of drug-likeness (QED) is 0.660. The molecule has 1 aliphatic heterocycles. The van der Waals surface area contributed by atoms with E-state index in [9.17, 15) is 22.4 Å². The first-order valence-electron chi connectivity index (χ1n) is 10.9. The summed E-state index contributed by atoms with van der Waals surface area (Å²) in [5, 5.41) is 3.06. The second kappa shape index (κ2) is 9.06. The zero-order valence-electron chi connectivity index (χ0n) is 18.4. The van der Waals surface area contributed by atoms with E-state index >= 15 is 0 Å². The molecule has 176 valence electrons. The Hall–Kier alpha value is -2.45. The van der Waals surface area contributed by atoms with Crippen LogP contribution in [-0.2, 0) is 14.6 Å². The Balaban J connectivity index is 1.56. The third-order valence-corrected chi connectivity index (χ3v) is 7.69. The molecule has 2 aromatic carbocycles. The highest BCUT2D eigenvalue weighted by atomic mass is 35.5. The fourth-order valence-electron chi connectivity index (χ4n) is 4.40. The van der Waals surface area contributed by atoms with Crippen LogP contribution < -0.4 is 5.32 Å². The molecule has 1 aliphatic carbocycles. The van der Waals surface area contributed by atoms with Crippen LogP contribution in [0.3, 0.4) is 0 Å². The van der Waals surface area contributed by atoms with Gasteiger partial charge in [0.1, 0.15) is 11.9 Å². The van der Waals surface area contributed by atoms with Crippen LogP contribution in [0, 0.1) is 17.7 Å². The minimum Gasteiger partial charge on any atom is -0.347 e. The first-order valence-corrected chi connectivity index (χ1v) is 13.2. The molecular formula is C24H26ClFN2O4S. The van der Waals surface area contributed by atoms with Crippen molar-refractivity contribution >= 4 is 33.3 Å². The molecule has 33 heavy (non-hydrogen) atoms. The van der Waals surface area contributed by atoms with Crippen LogP contribution >= 0.6 is 11.6 Å². The van der Waals surface area contributed by atoms with Crippen molar-refractivity contribution < 1.29 is 22.4 Å². The number of rotatable bonds is 6. The van der Waals surface area contributed by atoms with Crippen molar-refractivity contribution in [2.45, 2.75) is 43.2 Å². The molecule has 9 heteroatoms. The summed E-state index contributed by atoms with van der Waals surface area (Å²) in [6.45, 7) is 2.36. The minimum absolute atomic E-state index is 0.0253. The van der Waals surface area contributed by atoms with Gasteiger partial charge >= 0.3 is 0 Å². The van der Waals surface area contributed by atoms with E-state index in [-0.39, 0.29) is 45.2 Å². The molecule has 2 amide bonds. The van der Waals surface area contributed by atoms with Gasteiger partial charge in [0, 0.05) is 18.4 Å². The van der Waals surface area contributed by atoms with Crippen LogP contribution in [0.2, 0.25) is 5.02 Å². The highest BCUT2D eigenvalue weighted by Crippen LogP contribution is 2.42. The topological polar surface area (TPSA) is 83.6 Å². The number of sulfone groups is 1. The molecule has 3 atom stereocenters. The Morgan fingerprint density at radius 2 is 1.91 bits per heavy atom. The van der Waals surface area contributed by atoms with Crippen LogP contribution in [0.1, 0.15) is 48.1 Å². The highest BCUT2D eigenvalue weighted by Gasteiger charge is 2.41. The summed E-state index contributed by atoms with van der Waals surface area (Å²) in [6, 6.07) is 9.37. The zero-order chi connectivity index (χ0) is 23.9. The van der Waals surface area contributed by atoms with Crippen molar-refractivity contribution in [1.82, 2.24) is 10.2 Å². The zero-order valence-corrected chi connectivity index (χ0v) is 20.0. The molecular weight excluding hydrogens is 467 g/mol. The second-order valence-corrected chi connectivity index (χ2v) is 11.5. The lowest BCUT2D eigenvalue weighted by Crippen LogP contribution is -2.47. The minimum atomic E-state index is -3.47. The van der Waals surface area contributed by atoms with Gasteiger partial charge in [-0.3, -0.25) is 9.59 Å². The summed E-state index contributed by atoms with van der Waals surface area (Å²) in [7, 11) is -3.47. The second-order valence-electron chi connectivity index (χ2n) is 9.11. The first kappa shape index (κ1) is 23.7. The number of benzene rings is 2. The van der Waals surface area contributed by atoms with Gasteiger partial charge in [0.15, 0.2) is 9.84 Å². The van der Waals surface area contributed by atoms with E-state index in [2.05, 4.69) is 5.32 Å². The summed E-state index contributed by atoms with van der Waals surface area (Å²) in [5.74, 6) is -0.894. The molecule has 4 rings (SSSR count). The average Bonchev–Trinajstić information content (AvgIpc) is 3.53. The van der Waals surface area contributed by atoms with Crippen LogP contribution in [0.25, 0.3) is 0 Å². The number of carbonyl (C=O) groups is 2. The summed E-state index contributed by atoms with van der Waals surface area (Å²) in [4.78, 5) is 28.1. The normalized spacial score (nSPS) is 21.6. The Kier molecular flexibility index (Phi) is 6.51. The number of halogens is 2. The summed E-state index contributed by atoms with van der Waals surface area (Å²) < 4.78 is 37.8. The van der Waals surface area contributed by atoms with Crippen LogP contribution in [-0.4, -0.2) is 44.0 Å². The number of hydrogen-bond donors (Lipinski definition) is 1. The van der Waals surface area contributed by atoms with E-state index in [0.717, 1.165) is 19.1 Å². The van der Waals surface area contributed by atoms with E-state index in [1.807, 2.05) is 6.92 Å². The largest absolute Gasteiger partial charge is 0.347 e. The van der Waals surface area contributed by atoms with Gasteiger partial charge < -0.3 is 10.2 Å². The fraction of sp³-hybridized carbons (Fsp3) is 0.417. The molecule has 0 radical (unpaired) electrons. The molecule has 0 spiro atoms. The van der Waals surface area contributed by atoms with Crippen molar-refractivity contribution in [2.75, 3.05) is 12.8 Å². The Labute approximate surface area is 198 Å². The number of hydrogen-bond acceptors (Lipinski definition) is 4. The van der Waals surface area contributed by atoms with Gasteiger partial charge in [0.2, 0.25) is 5.91 Å². The summed E-state index contributed by atoms with van der Waals surface area (Å²) in [6.07, 6.45) is 3.44. The maximum absolute atomic E-state index is 14.0. The third-order valence-electron chi connectivity index (χ3n) is 6.28. The standard InChI is InChI=1S/C24H26ClFN2O4S/c1-14-10-21(28(13-14)24(30)17-4-3-5-18(11-17)33(2,31)32)23(29)27-22(15-6-7-15)16-8-9-19(25)20(26)12-16/h3-5,8-9,11-12,14-15,21-22H,6-7,10,13H2,1-2H3,(H,27,29)/t14-,21-,22-/m1/s1. The molecule has 2 fully saturated rings. The SMILES string of the molecule is C[C@@H]1C[C@H](C(=O)N[C@@H](c2ccc(Cl)c(F)c2)C2CC2)N(C(=O)c2cccc(S(C)(=O)=O)c2)C1. The Morgan fingerprint density at radius 1 is 1.18 bits per heavy atom. The van der Waals surface area contributed by atoms with E-state index in [1.165, 1.54) is 35.2 Å². The average molecular weight is 493 g/mol. The lowest BCUT2D eigenvalue weighted by molar-refractivity contribution is -0.125. The van der Waals surface area contributed by atoms with Crippen molar-refractivity contribution in [3.05, 3.63) is 64.4 Å². The van der Waals surface area contributed by atoms with Gasteiger partial charge in [-0.2, -0.15) is 0 Å². The van der Waals surface area contributed by atoms with Gasteiger partial charge in [0.05, 0.1) is 16.0 Å². The maximum atomic E-state index is 14.0. The van der Waals surface area contributed by atoms with Gasteiger partial charge in [-0.15, -0.1) is 0 Å². The predicted molar refractivity (Wildman–Crippen MR) is 123 cm³/mol. The third kappa shape index (κ3) is 5.22. The lowest BCUT2D eigenvalue weighted by atomic mass is 10.0. The number of carbonyl (C=O) groups excluding carboxylic acids is 2. The van der Waals surface area contributed by atoms with E-state index in [4.69, 9.17) is 11.6 Å². The van der Waals surface area contributed by atoms with Crippen LogP contribution in [0.4, 0.5) is 4.39 Å². The molecule has 6 nitrogen and oxygen atoms in total. The van der Waals surface area contributed by atoms with E-state index in [0.29, 0.717) is 18.5 Å². The van der Waals surface area contributed by atoms with Crippen LogP contribution in [0.15, 0.2) is 47.4 Å². The molecule has 1 saturated heterocycles. The molecule has 1 saturated carbocycles. The number of nitrogens with zero attached hydrogens (tertiary/aromatic N) is 1. The molecule has 2 aliphatic rings. The van der Waals surface area contributed by atoms with Crippen LogP contribution in [0.5, 0.6) is 0 Å². The number of nitrogens with one attached hydrogen (secondary N) is 1. The van der Waals surface area contributed by atoms with Crippen molar-refractivity contribution in [3.63, 3.8) is 0 Å². The Morgan fingerprint density at radius 3 is 2.55 bits per heavy atom. The summed E-state index contributed by atoms with van der Waals surface area (Å²) >= 11 is 5.81. The van der Waals surface area contributed by atoms with Crippen molar-refractivity contribution in [1.29, 1.82) is 0 Å².